The van der Waals surface area contributed by atoms with Gasteiger partial charge in [0.25, 0.3) is 0 Å². The van der Waals surface area contributed by atoms with Crippen LogP contribution in [-0.2, 0) is 13.1 Å². The molecule has 214 valence electrons. The number of hydrogen-bond acceptors (Lipinski definition) is 10. The number of nitrogens with zero attached hydrogens (tertiary/aromatic N) is 6. The van der Waals surface area contributed by atoms with Crippen LogP contribution in [0.1, 0.15) is 17.0 Å². The number of pyridine rings is 2. The molecule has 5 rings (SSSR count). The summed E-state index contributed by atoms with van der Waals surface area (Å²) in [5.74, 6) is 4.08. The number of benzene rings is 2. The van der Waals surface area contributed by atoms with Gasteiger partial charge < -0.3 is 24.4 Å². The number of anilines is 3. The number of aromatic nitrogens is 5. The number of ether oxygens (including phenoxy) is 3. The van der Waals surface area contributed by atoms with Gasteiger partial charge in [-0.05, 0) is 60.5 Å². The molecule has 0 spiro atoms. The van der Waals surface area contributed by atoms with E-state index >= 15 is 0 Å². The third-order valence-corrected chi connectivity index (χ3v) is 6.67. The van der Waals surface area contributed by atoms with E-state index in [0.717, 1.165) is 22.6 Å². The van der Waals surface area contributed by atoms with Gasteiger partial charge in [-0.25, -0.2) is 15.0 Å². The first-order valence-electron chi connectivity index (χ1n) is 13.1. The van der Waals surface area contributed by atoms with Crippen LogP contribution in [0.3, 0.4) is 0 Å². The summed E-state index contributed by atoms with van der Waals surface area (Å²) in [6.45, 7) is 2.98. The maximum absolute atomic E-state index is 6.30. The average molecular weight is 584 g/mol. The Hall–Kier alpha value is -4.96. The number of nitrogens with one attached hydrogen (secondary N) is 1. The lowest BCUT2D eigenvalue weighted by molar-refractivity contribution is 0.398. The summed E-state index contributed by atoms with van der Waals surface area (Å²) in [6, 6.07) is 21.4. The molecule has 10 nitrogen and oxygen atoms in total. The first-order valence-corrected chi connectivity index (χ1v) is 13.5. The SMILES string of the molecule is COc1ccc(CN(Cc2ccc(OC)cc2)c2nc(C)nc(-c3cccnc3Nc3cnc(OC)c(Cl)c3)n2)cc1. The molecule has 0 aliphatic carbocycles. The van der Waals surface area contributed by atoms with Crippen molar-refractivity contribution in [3.05, 3.63) is 101 Å². The highest BCUT2D eigenvalue weighted by atomic mass is 35.5. The summed E-state index contributed by atoms with van der Waals surface area (Å²) < 4.78 is 15.9. The van der Waals surface area contributed by atoms with E-state index in [1.54, 1.807) is 32.7 Å². The van der Waals surface area contributed by atoms with Crippen molar-refractivity contribution in [2.75, 3.05) is 31.5 Å². The number of aryl methyl sites for hydroxylation is 1. The molecule has 42 heavy (non-hydrogen) atoms. The Kier molecular flexibility index (Phi) is 8.93. The number of rotatable bonds is 11. The summed E-state index contributed by atoms with van der Waals surface area (Å²) in [5, 5.41) is 3.66. The van der Waals surface area contributed by atoms with Crippen molar-refractivity contribution in [2.45, 2.75) is 20.0 Å². The fourth-order valence-corrected chi connectivity index (χ4v) is 4.54. The third kappa shape index (κ3) is 6.84. The molecule has 0 saturated heterocycles. The molecule has 3 heterocycles. The van der Waals surface area contributed by atoms with E-state index in [9.17, 15) is 0 Å². The van der Waals surface area contributed by atoms with Crippen molar-refractivity contribution in [1.29, 1.82) is 0 Å². The zero-order chi connectivity index (χ0) is 29.5. The highest BCUT2D eigenvalue weighted by molar-refractivity contribution is 6.32. The van der Waals surface area contributed by atoms with Gasteiger partial charge in [0.15, 0.2) is 5.82 Å². The number of hydrogen-bond donors (Lipinski definition) is 1. The standard InChI is InChI=1S/C31H30ClN7O3/c1-20-35-29(26-6-5-15-33-28(26)37-23-16-27(32)30(42-4)34-17-23)38-31(36-20)39(18-21-7-11-24(40-2)12-8-21)19-22-9-13-25(41-3)14-10-22/h5-17H,18-19H2,1-4H3,(H,33,37). The maximum Gasteiger partial charge on any atom is 0.232 e. The molecular formula is C31H30ClN7O3. The van der Waals surface area contributed by atoms with E-state index < -0.39 is 0 Å². The van der Waals surface area contributed by atoms with Crippen LogP contribution in [0.25, 0.3) is 11.4 Å². The van der Waals surface area contributed by atoms with Gasteiger partial charge in [0.2, 0.25) is 11.8 Å². The summed E-state index contributed by atoms with van der Waals surface area (Å²) in [6.07, 6.45) is 3.32. The van der Waals surface area contributed by atoms with Crippen LogP contribution in [0.2, 0.25) is 5.02 Å². The predicted octanol–water partition coefficient (Wildman–Crippen LogP) is 6.27. The van der Waals surface area contributed by atoms with Crippen molar-refractivity contribution in [2.24, 2.45) is 0 Å². The Labute approximate surface area is 249 Å². The fourth-order valence-electron chi connectivity index (χ4n) is 4.30. The largest absolute Gasteiger partial charge is 0.497 e. The number of methoxy groups -OCH3 is 3. The van der Waals surface area contributed by atoms with Crippen molar-refractivity contribution < 1.29 is 14.2 Å². The Morgan fingerprint density at radius 2 is 1.43 bits per heavy atom. The van der Waals surface area contributed by atoms with Gasteiger partial charge in [0, 0.05) is 19.3 Å². The lowest BCUT2D eigenvalue weighted by Crippen LogP contribution is -2.25. The first-order chi connectivity index (χ1) is 20.4. The van der Waals surface area contributed by atoms with Crippen LogP contribution in [-0.4, -0.2) is 46.2 Å². The second-order valence-corrected chi connectivity index (χ2v) is 9.71. The van der Waals surface area contributed by atoms with Crippen molar-refractivity contribution >= 4 is 29.1 Å². The van der Waals surface area contributed by atoms with E-state index in [2.05, 4.69) is 25.2 Å². The van der Waals surface area contributed by atoms with Gasteiger partial charge in [0.05, 0.1) is 38.8 Å². The molecule has 0 radical (unpaired) electrons. The van der Waals surface area contributed by atoms with E-state index in [0.29, 0.717) is 58.7 Å². The fraction of sp³-hybridized carbons (Fsp3) is 0.194. The molecule has 2 aromatic carbocycles. The van der Waals surface area contributed by atoms with Crippen molar-refractivity contribution in [1.82, 2.24) is 24.9 Å². The molecule has 0 amide bonds. The van der Waals surface area contributed by atoms with Gasteiger partial charge in [-0.1, -0.05) is 35.9 Å². The smallest absolute Gasteiger partial charge is 0.232 e. The molecule has 0 aliphatic heterocycles. The summed E-state index contributed by atoms with van der Waals surface area (Å²) in [7, 11) is 4.83. The molecule has 0 unspecified atom stereocenters. The highest BCUT2D eigenvalue weighted by Gasteiger charge is 2.18. The quantitative estimate of drug-likeness (QED) is 0.191. The molecule has 11 heteroatoms. The average Bonchev–Trinajstić information content (AvgIpc) is 3.01. The Bertz CT molecular complexity index is 1600. The first kappa shape index (κ1) is 28.6. The van der Waals surface area contributed by atoms with Gasteiger partial charge >= 0.3 is 0 Å². The van der Waals surface area contributed by atoms with Crippen LogP contribution >= 0.6 is 11.6 Å². The van der Waals surface area contributed by atoms with Gasteiger partial charge in [-0.3, -0.25) is 0 Å². The third-order valence-electron chi connectivity index (χ3n) is 6.40. The minimum absolute atomic E-state index is 0.343. The van der Waals surface area contributed by atoms with E-state index in [1.807, 2.05) is 67.6 Å². The van der Waals surface area contributed by atoms with Gasteiger partial charge in [0.1, 0.15) is 28.2 Å². The van der Waals surface area contributed by atoms with E-state index in [4.69, 9.17) is 35.8 Å². The van der Waals surface area contributed by atoms with Crippen LogP contribution in [0.5, 0.6) is 17.4 Å². The van der Waals surface area contributed by atoms with Crippen LogP contribution in [0.15, 0.2) is 79.1 Å². The molecule has 1 N–H and O–H groups in total. The van der Waals surface area contributed by atoms with E-state index in [1.165, 1.54) is 7.11 Å². The Morgan fingerprint density at radius 3 is 2.00 bits per heavy atom. The second kappa shape index (κ2) is 13.1. The zero-order valence-electron chi connectivity index (χ0n) is 23.7. The van der Waals surface area contributed by atoms with Crippen molar-refractivity contribution in [3.63, 3.8) is 0 Å². The summed E-state index contributed by atoms with van der Waals surface area (Å²) in [4.78, 5) is 25.2. The van der Waals surface area contributed by atoms with E-state index in [-0.39, 0.29) is 0 Å². The topological polar surface area (TPSA) is 107 Å². The van der Waals surface area contributed by atoms with Crippen LogP contribution in [0.4, 0.5) is 17.5 Å². The molecule has 0 bridgehead atoms. The van der Waals surface area contributed by atoms with Crippen molar-refractivity contribution in [3.8, 4) is 28.8 Å². The molecule has 3 aromatic heterocycles. The predicted molar refractivity (Wildman–Crippen MR) is 163 cm³/mol. The molecule has 5 aromatic rings. The summed E-state index contributed by atoms with van der Waals surface area (Å²) >= 11 is 6.30. The van der Waals surface area contributed by atoms with Crippen LogP contribution in [0, 0.1) is 6.92 Å². The molecule has 0 fully saturated rings. The normalized spacial score (nSPS) is 10.7. The minimum atomic E-state index is 0.343. The highest BCUT2D eigenvalue weighted by Crippen LogP contribution is 2.30. The van der Waals surface area contributed by atoms with Gasteiger partial charge in [-0.2, -0.15) is 9.97 Å². The minimum Gasteiger partial charge on any atom is -0.497 e. The maximum atomic E-state index is 6.30. The second-order valence-electron chi connectivity index (χ2n) is 9.30. The lowest BCUT2D eigenvalue weighted by atomic mass is 10.1. The van der Waals surface area contributed by atoms with Crippen LogP contribution < -0.4 is 24.4 Å². The Morgan fingerprint density at radius 1 is 0.786 bits per heavy atom. The molecular weight excluding hydrogens is 554 g/mol. The zero-order valence-corrected chi connectivity index (χ0v) is 24.5. The molecule has 0 atom stereocenters. The molecule has 0 aliphatic rings. The lowest BCUT2D eigenvalue weighted by Gasteiger charge is -2.24. The Balaban J connectivity index is 1.50. The summed E-state index contributed by atoms with van der Waals surface area (Å²) in [5.41, 5.74) is 3.51. The monoisotopic (exact) mass is 583 g/mol. The molecule has 0 saturated carbocycles. The number of halogens is 1. The van der Waals surface area contributed by atoms with Gasteiger partial charge in [-0.15, -0.1) is 0 Å².